The molecule has 0 atom stereocenters. The molecule has 0 amide bonds. The SMILES string of the molecule is COC1=CC=C(C2=C(SNC(C)(C)C)C=CCC2)CC1. The van der Waals surface area contributed by atoms with Crippen LogP contribution in [0.5, 0.6) is 0 Å². The molecule has 3 heteroatoms. The normalized spacial score (nSPS) is 19.8. The Kier molecular flexibility index (Phi) is 5.17. The minimum Gasteiger partial charge on any atom is -0.501 e. The summed E-state index contributed by atoms with van der Waals surface area (Å²) in [6, 6.07) is 0. The molecule has 0 saturated carbocycles. The molecule has 2 rings (SSSR count). The maximum atomic E-state index is 5.31. The molecule has 0 bridgehead atoms. The van der Waals surface area contributed by atoms with E-state index in [9.17, 15) is 0 Å². The first kappa shape index (κ1) is 15.5. The van der Waals surface area contributed by atoms with Crippen LogP contribution in [0.15, 0.2) is 46.1 Å². The Morgan fingerprint density at radius 2 is 1.95 bits per heavy atom. The topological polar surface area (TPSA) is 21.3 Å². The summed E-state index contributed by atoms with van der Waals surface area (Å²) in [5.74, 6) is 1.09. The van der Waals surface area contributed by atoms with Crippen LogP contribution >= 0.6 is 11.9 Å². The Labute approximate surface area is 127 Å². The van der Waals surface area contributed by atoms with Crippen molar-refractivity contribution in [1.29, 1.82) is 0 Å². The molecule has 0 aromatic heterocycles. The fourth-order valence-electron chi connectivity index (χ4n) is 2.30. The molecule has 110 valence electrons. The molecule has 0 radical (unpaired) electrons. The highest BCUT2D eigenvalue weighted by Gasteiger charge is 2.18. The van der Waals surface area contributed by atoms with Crippen LogP contribution in [0, 0.1) is 0 Å². The maximum absolute atomic E-state index is 5.31. The van der Waals surface area contributed by atoms with Crippen LogP contribution in [0.4, 0.5) is 0 Å². The summed E-state index contributed by atoms with van der Waals surface area (Å²) in [6.45, 7) is 6.58. The molecule has 0 aromatic carbocycles. The van der Waals surface area contributed by atoms with E-state index in [1.54, 1.807) is 19.1 Å². The van der Waals surface area contributed by atoms with Gasteiger partial charge in [-0.15, -0.1) is 0 Å². The molecule has 0 aliphatic heterocycles. The quantitative estimate of drug-likeness (QED) is 0.746. The first-order chi connectivity index (χ1) is 9.49. The predicted molar refractivity (Wildman–Crippen MR) is 88.3 cm³/mol. The number of hydrogen-bond acceptors (Lipinski definition) is 3. The fourth-order valence-corrected chi connectivity index (χ4v) is 3.24. The summed E-state index contributed by atoms with van der Waals surface area (Å²) in [6.07, 6.45) is 13.3. The first-order valence-electron chi connectivity index (χ1n) is 7.27. The van der Waals surface area contributed by atoms with E-state index >= 15 is 0 Å². The van der Waals surface area contributed by atoms with Gasteiger partial charge in [0.05, 0.1) is 12.9 Å². The Hall–Kier alpha value is -0.930. The summed E-state index contributed by atoms with van der Waals surface area (Å²) in [5.41, 5.74) is 3.09. The fraction of sp³-hybridized carbons (Fsp3) is 0.529. The molecule has 1 N–H and O–H groups in total. The second-order valence-corrected chi connectivity index (χ2v) is 7.12. The van der Waals surface area contributed by atoms with E-state index in [4.69, 9.17) is 4.74 Å². The number of methoxy groups -OCH3 is 1. The first-order valence-corrected chi connectivity index (χ1v) is 8.09. The molecular formula is C17H25NOS. The van der Waals surface area contributed by atoms with Gasteiger partial charge in [-0.05, 0) is 69.2 Å². The monoisotopic (exact) mass is 291 g/mol. The Morgan fingerprint density at radius 3 is 2.55 bits per heavy atom. The van der Waals surface area contributed by atoms with Crippen molar-refractivity contribution < 1.29 is 4.74 Å². The van der Waals surface area contributed by atoms with Crippen LogP contribution in [-0.2, 0) is 4.74 Å². The summed E-state index contributed by atoms with van der Waals surface area (Å²) in [5, 5.41) is 0. The average Bonchev–Trinajstić information content (AvgIpc) is 2.45. The van der Waals surface area contributed by atoms with E-state index in [-0.39, 0.29) is 5.54 Å². The van der Waals surface area contributed by atoms with E-state index in [1.165, 1.54) is 16.1 Å². The van der Waals surface area contributed by atoms with Crippen LogP contribution in [0.2, 0.25) is 0 Å². The van der Waals surface area contributed by atoms with Gasteiger partial charge in [-0.25, -0.2) is 0 Å². The minimum absolute atomic E-state index is 0.123. The molecule has 0 spiro atoms. The third-order valence-electron chi connectivity index (χ3n) is 3.36. The molecule has 2 aliphatic rings. The van der Waals surface area contributed by atoms with Gasteiger partial charge in [0.15, 0.2) is 0 Å². The van der Waals surface area contributed by atoms with Crippen molar-refractivity contribution >= 4 is 11.9 Å². The smallest absolute Gasteiger partial charge is 0.0958 e. The zero-order chi connectivity index (χ0) is 14.6. The summed E-state index contributed by atoms with van der Waals surface area (Å²) >= 11 is 1.76. The van der Waals surface area contributed by atoms with Crippen molar-refractivity contribution in [3.8, 4) is 0 Å². The van der Waals surface area contributed by atoms with Crippen molar-refractivity contribution in [3.05, 3.63) is 46.1 Å². The number of nitrogens with one attached hydrogen (secondary N) is 1. The van der Waals surface area contributed by atoms with Crippen molar-refractivity contribution in [3.63, 3.8) is 0 Å². The van der Waals surface area contributed by atoms with E-state index in [0.717, 1.165) is 31.4 Å². The third-order valence-corrected chi connectivity index (χ3v) is 4.67. The van der Waals surface area contributed by atoms with E-state index in [1.807, 2.05) is 0 Å². The zero-order valence-electron chi connectivity index (χ0n) is 13.0. The Morgan fingerprint density at radius 1 is 1.15 bits per heavy atom. The lowest BCUT2D eigenvalue weighted by Crippen LogP contribution is -2.30. The van der Waals surface area contributed by atoms with Gasteiger partial charge in [-0.1, -0.05) is 18.2 Å². The van der Waals surface area contributed by atoms with E-state index in [2.05, 4.69) is 49.8 Å². The largest absolute Gasteiger partial charge is 0.501 e. The Bertz CT molecular complexity index is 478. The number of ether oxygens (including phenoxy) is 1. The highest BCUT2D eigenvalue weighted by molar-refractivity contribution is 8.01. The van der Waals surface area contributed by atoms with Gasteiger partial charge in [-0.2, -0.15) is 0 Å². The zero-order valence-corrected chi connectivity index (χ0v) is 13.8. The van der Waals surface area contributed by atoms with Crippen LogP contribution < -0.4 is 4.72 Å². The van der Waals surface area contributed by atoms with Crippen molar-refractivity contribution in [1.82, 2.24) is 4.72 Å². The van der Waals surface area contributed by atoms with Crippen LogP contribution in [0.3, 0.4) is 0 Å². The van der Waals surface area contributed by atoms with Crippen molar-refractivity contribution in [2.75, 3.05) is 7.11 Å². The standard InChI is InChI=1S/C17H25NOS/c1-17(2,3)18-20-16-8-6-5-7-15(16)13-9-11-14(19-4)12-10-13/h6,8-9,11,18H,5,7,10,12H2,1-4H3. The number of hydrogen-bond donors (Lipinski definition) is 1. The summed E-state index contributed by atoms with van der Waals surface area (Å²) in [4.78, 5) is 1.37. The molecule has 0 saturated heterocycles. The van der Waals surface area contributed by atoms with Gasteiger partial charge in [0.25, 0.3) is 0 Å². The summed E-state index contributed by atoms with van der Waals surface area (Å²) < 4.78 is 8.84. The van der Waals surface area contributed by atoms with Crippen LogP contribution in [0.25, 0.3) is 0 Å². The molecule has 0 aromatic rings. The molecule has 0 unspecified atom stereocenters. The molecule has 2 aliphatic carbocycles. The van der Waals surface area contributed by atoms with Crippen LogP contribution in [-0.4, -0.2) is 12.6 Å². The minimum atomic E-state index is 0.123. The summed E-state index contributed by atoms with van der Waals surface area (Å²) in [7, 11) is 1.75. The number of rotatable bonds is 4. The van der Waals surface area contributed by atoms with Crippen molar-refractivity contribution in [2.45, 2.75) is 52.0 Å². The lowest BCUT2D eigenvalue weighted by atomic mass is 9.91. The molecule has 0 fully saturated rings. The molecule has 2 nitrogen and oxygen atoms in total. The van der Waals surface area contributed by atoms with Gasteiger partial charge >= 0.3 is 0 Å². The van der Waals surface area contributed by atoms with Gasteiger partial charge in [0, 0.05) is 16.9 Å². The van der Waals surface area contributed by atoms with E-state index < -0.39 is 0 Å². The predicted octanol–water partition coefficient (Wildman–Crippen LogP) is 4.88. The van der Waals surface area contributed by atoms with Gasteiger partial charge < -0.3 is 4.74 Å². The second kappa shape index (κ2) is 6.68. The number of allylic oxidation sites excluding steroid dienone is 7. The van der Waals surface area contributed by atoms with E-state index in [0.29, 0.717) is 0 Å². The second-order valence-electron chi connectivity index (χ2n) is 6.27. The average molecular weight is 291 g/mol. The Balaban J connectivity index is 2.17. The lowest BCUT2D eigenvalue weighted by Gasteiger charge is -2.24. The van der Waals surface area contributed by atoms with Crippen LogP contribution in [0.1, 0.15) is 46.5 Å². The van der Waals surface area contributed by atoms with Gasteiger partial charge in [-0.3, -0.25) is 4.72 Å². The highest BCUT2D eigenvalue weighted by Crippen LogP contribution is 2.36. The maximum Gasteiger partial charge on any atom is 0.0958 e. The third kappa shape index (κ3) is 4.29. The lowest BCUT2D eigenvalue weighted by molar-refractivity contribution is 0.276. The molecular weight excluding hydrogens is 266 g/mol. The van der Waals surface area contributed by atoms with Crippen molar-refractivity contribution in [2.24, 2.45) is 0 Å². The van der Waals surface area contributed by atoms with Gasteiger partial charge in [0.2, 0.25) is 0 Å². The molecule has 0 heterocycles. The highest BCUT2D eigenvalue weighted by atomic mass is 32.2. The van der Waals surface area contributed by atoms with Gasteiger partial charge in [0.1, 0.15) is 0 Å². The molecule has 20 heavy (non-hydrogen) atoms.